The second-order valence-corrected chi connectivity index (χ2v) is 3.55. The van der Waals surface area contributed by atoms with E-state index in [1.54, 1.807) is 18.5 Å². The second-order valence-electron chi connectivity index (χ2n) is 3.55. The van der Waals surface area contributed by atoms with Crippen molar-refractivity contribution in [1.29, 1.82) is 0 Å². The van der Waals surface area contributed by atoms with Crippen molar-refractivity contribution < 1.29 is 14.7 Å². The molecule has 0 aromatic carbocycles. The van der Waals surface area contributed by atoms with Crippen LogP contribution in [-0.4, -0.2) is 26.2 Å². The second kappa shape index (κ2) is 2.79. The summed E-state index contributed by atoms with van der Waals surface area (Å²) in [5, 5.41) is 9.42. The molecular formula is C10H10N2O3. The fraction of sp³-hybridized carbons (Fsp3) is 0.300. The minimum atomic E-state index is -0.578. The number of carbonyl (C=O) groups excluding carboxylic acids is 2. The molecule has 0 unspecified atom stereocenters. The van der Waals surface area contributed by atoms with Gasteiger partial charge in [0.05, 0.1) is 0 Å². The molecule has 0 spiro atoms. The van der Waals surface area contributed by atoms with Crippen LogP contribution in [0.25, 0.3) is 0 Å². The highest BCUT2D eigenvalue weighted by Gasteiger charge is 2.34. The zero-order chi connectivity index (χ0) is 11.3. The highest BCUT2D eigenvalue weighted by Crippen LogP contribution is 2.24. The Morgan fingerprint density at radius 3 is 2.40 bits per heavy atom. The maximum Gasteiger partial charge on any atom is 0.248 e. The van der Waals surface area contributed by atoms with Crippen molar-refractivity contribution >= 4 is 11.6 Å². The number of hydrogen-bond donors (Lipinski definition) is 1. The molecule has 0 aliphatic heterocycles. The Labute approximate surface area is 86.0 Å². The van der Waals surface area contributed by atoms with Crippen molar-refractivity contribution in [3.63, 3.8) is 0 Å². The first-order valence-electron chi connectivity index (χ1n) is 4.47. The summed E-state index contributed by atoms with van der Waals surface area (Å²) in [4.78, 5) is 27.3. The molecule has 0 saturated heterocycles. The van der Waals surface area contributed by atoms with E-state index in [-0.39, 0.29) is 22.7 Å². The molecular weight excluding hydrogens is 196 g/mol. The standard InChI is InChI=1S/C10H10N2O3/c1-4-8(13)7-6(10(15)9(4)14)11-5(2)12(7)3/h14H,1-3H3. The number of carbonyl (C=O) groups is 2. The van der Waals surface area contributed by atoms with E-state index in [1.165, 1.54) is 6.92 Å². The van der Waals surface area contributed by atoms with Crippen LogP contribution in [0.2, 0.25) is 0 Å². The number of aliphatic hydroxyl groups excluding tert-OH is 1. The van der Waals surface area contributed by atoms with Crippen LogP contribution in [0.4, 0.5) is 0 Å². The van der Waals surface area contributed by atoms with E-state index in [9.17, 15) is 14.7 Å². The summed E-state index contributed by atoms with van der Waals surface area (Å²) in [6, 6.07) is 0. The third-order valence-corrected chi connectivity index (χ3v) is 2.66. The lowest BCUT2D eigenvalue weighted by Gasteiger charge is -2.11. The molecule has 2 rings (SSSR count). The van der Waals surface area contributed by atoms with Crippen LogP contribution in [0.1, 0.15) is 33.7 Å². The van der Waals surface area contributed by atoms with Gasteiger partial charge in [-0.3, -0.25) is 9.59 Å². The summed E-state index contributed by atoms with van der Waals surface area (Å²) in [7, 11) is 1.67. The number of nitrogens with zero attached hydrogens (tertiary/aromatic N) is 2. The van der Waals surface area contributed by atoms with Gasteiger partial charge in [0.15, 0.2) is 5.76 Å². The lowest BCUT2D eigenvalue weighted by Crippen LogP contribution is -2.22. The van der Waals surface area contributed by atoms with Crippen LogP contribution in [0.5, 0.6) is 0 Å². The third kappa shape index (κ3) is 1.06. The molecule has 1 aliphatic rings. The summed E-state index contributed by atoms with van der Waals surface area (Å²) >= 11 is 0. The van der Waals surface area contributed by atoms with Crippen LogP contribution in [0.3, 0.4) is 0 Å². The van der Waals surface area contributed by atoms with E-state index in [4.69, 9.17) is 0 Å². The van der Waals surface area contributed by atoms with E-state index in [1.807, 2.05) is 0 Å². The quantitative estimate of drug-likeness (QED) is 0.685. The van der Waals surface area contributed by atoms with Crippen molar-refractivity contribution in [3.8, 4) is 0 Å². The minimum absolute atomic E-state index is 0.0445. The third-order valence-electron chi connectivity index (χ3n) is 2.66. The van der Waals surface area contributed by atoms with Gasteiger partial charge in [-0.05, 0) is 13.8 Å². The number of hydrogen-bond acceptors (Lipinski definition) is 4. The number of Topliss-reactive ketones (excluding diaryl/α,β-unsaturated/α-hetero) is 2. The molecule has 0 fully saturated rings. The van der Waals surface area contributed by atoms with Gasteiger partial charge < -0.3 is 9.67 Å². The number of aliphatic hydroxyl groups is 1. The first kappa shape index (κ1) is 9.64. The first-order valence-corrected chi connectivity index (χ1v) is 4.47. The number of allylic oxidation sites excluding steroid dienone is 2. The molecule has 5 heteroatoms. The molecule has 0 radical (unpaired) electrons. The SMILES string of the molecule is CC1=C(O)C(=O)c2nc(C)n(C)c2C1=O. The summed E-state index contributed by atoms with van der Waals surface area (Å²) in [6.07, 6.45) is 0. The number of aryl methyl sites for hydroxylation is 1. The van der Waals surface area contributed by atoms with Gasteiger partial charge in [-0.15, -0.1) is 0 Å². The Morgan fingerprint density at radius 2 is 1.80 bits per heavy atom. The first-order chi connectivity index (χ1) is 6.95. The molecule has 15 heavy (non-hydrogen) atoms. The summed E-state index contributed by atoms with van der Waals surface area (Å²) in [5.41, 5.74) is 0.381. The van der Waals surface area contributed by atoms with Crippen LogP contribution >= 0.6 is 0 Å². The van der Waals surface area contributed by atoms with Gasteiger partial charge in [0.1, 0.15) is 17.2 Å². The van der Waals surface area contributed by atoms with Crippen LogP contribution in [0, 0.1) is 6.92 Å². The Morgan fingerprint density at radius 1 is 1.20 bits per heavy atom. The van der Waals surface area contributed by atoms with Gasteiger partial charge in [-0.25, -0.2) is 4.98 Å². The van der Waals surface area contributed by atoms with Crippen LogP contribution in [-0.2, 0) is 7.05 Å². The van der Waals surface area contributed by atoms with Crippen LogP contribution < -0.4 is 0 Å². The Hall–Kier alpha value is -1.91. The van der Waals surface area contributed by atoms with E-state index in [0.717, 1.165) is 0 Å². The summed E-state index contributed by atoms with van der Waals surface area (Å²) in [5.74, 6) is -0.842. The molecule has 78 valence electrons. The highest BCUT2D eigenvalue weighted by atomic mass is 16.3. The average Bonchev–Trinajstić information content (AvgIpc) is 2.50. The molecule has 1 heterocycles. The number of fused-ring (bicyclic) bond motifs is 1. The van der Waals surface area contributed by atoms with E-state index in [0.29, 0.717) is 5.82 Å². The van der Waals surface area contributed by atoms with Gasteiger partial charge in [-0.2, -0.15) is 0 Å². The number of ketones is 2. The average molecular weight is 206 g/mol. The normalized spacial score (nSPS) is 15.9. The maximum atomic E-state index is 11.8. The van der Waals surface area contributed by atoms with E-state index >= 15 is 0 Å². The molecule has 0 saturated carbocycles. The van der Waals surface area contributed by atoms with Crippen LogP contribution in [0.15, 0.2) is 11.3 Å². The number of rotatable bonds is 0. The number of aromatic nitrogens is 2. The predicted molar refractivity (Wildman–Crippen MR) is 51.9 cm³/mol. The summed E-state index contributed by atoms with van der Waals surface area (Å²) < 4.78 is 1.56. The predicted octanol–water partition coefficient (Wildman–Crippen LogP) is 0.940. The Balaban J connectivity index is 2.78. The van der Waals surface area contributed by atoms with Crippen molar-refractivity contribution in [2.24, 2.45) is 7.05 Å². The smallest absolute Gasteiger partial charge is 0.248 e. The largest absolute Gasteiger partial charge is 0.504 e. The van der Waals surface area contributed by atoms with Crippen molar-refractivity contribution in [2.45, 2.75) is 13.8 Å². The van der Waals surface area contributed by atoms with Crippen molar-refractivity contribution in [2.75, 3.05) is 0 Å². The van der Waals surface area contributed by atoms with Crippen molar-refractivity contribution in [1.82, 2.24) is 9.55 Å². The molecule has 1 aromatic rings. The Kier molecular flexibility index (Phi) is 1.79. The molecule has 1 N–H and O–H groups in total. The lowest BCUT2D eigenvalue weighted by atomic mass is 9.97. The van der Waals surface area contributed by atoms with Crippen molar-refractivity contribution in [3.05, 3.63) is 28.5 Å². The van der Waals surface area contributed by atoms with Gasteiger partial charge in [0.2, 0.25) is 11.6 Å². The lowest BCUT2D eigenvalue weighted by molar-refractivity contribution is 0.0922. The minimum Gasteiger partial charge on any atom is -0.504 e. The van der Waals surface area contributed by atoms with Gasteiger partial charge in [0, 0.05) is 12.6 Å². The fourth-order valence-electron chi connectivity index (χ4n) is 1.60. The molecule has 1 aromatic heterocycles. The molecule has 0 atom stereocenters. The van der Waals surface area contributed by atoms with Gasteiger partial charge >= 0.3 is 0 Å². The molecule has 1 aliphatic carbocycles. The van der Waals surface area contributed by atoms with E-state index < -0.39 is 11.5 Å². The molecule has 0 amide bonds. The highest BCUT2D eigenvalue weighted by molar-refractivity contribution is 6.24. The van der Waals surface area contributed by atoms with E-state index in [2.05, 4.69) is 4.98 Å². The zero-order valence-corrected chi connectivity index (χ0v) is 8.66. The maximum absolute atomic E-state index is 11.8. The Bertz CT molecular complexity index is 523. The van der Waals surface area contributed by atoms with Gasteiger partial charge in [-0.1, -0.05) is 0 Å². The zero-order valence-electron chi connectivity index (χ0n) is 8.66. The molecule has 0 bridgehead atoms. The number of imidazole rings is 1. The van der Waals surface area contributed by atoms with Gasteiger partial charge in [0.25, 0.3) is 0 Å². The fourth-order valence-corrected chi connectivity index (χ4v) is 1.60. The monoisotopic (exact) mass is 206 g/mol. The topological polar surface area (TPSA) is 72.2 Å². The molecule has 5 nitrogen and oxygen atoms in total. The summed E-state index contributed by atoms with van der Waals surface area (Å²) in [6.45, 7) is 3.13.